The monoisotopic (exact) mass is 419 g/mol. The number of hydrogen-bond donors (Lipinski definition) is 4. The number of benzene rings is 2. The molecule has 0 spiro atoms. The Morgan fingerprint density at radius 3 is 2.48 bits per heavy atom. The Hall–Kier alpha value is -3.98. The highest BCUT2D eigenvalue weighted by molar-refractivity contribution is 5.97. The Balaban J connectivity index is 1.75. The molecular formula is C22H25N7O2. The van der Waals surface area contributed by atoms with Gasteiger partial charge in [-0.15, -0.1) is 0 Å². The Morgan fingerprint density at radius 2 is 1.77 bits per heavy atom. The molecule has 0 atom stereocenters. The van der Waals surface area contributed by atoms with Gasteiger partial charge in [0.1, 0.15) is 5.82 Å². The second kappa shape index (κ2) is 10.2. The van der Waals surface area contributed by atoms with Gasteiger partial charge in [0, 0.05) is 24.1 Å². The summed E-state index contributed by atoms with van der Waals surface area (Å²) >= 11 is 0. The van der Waals surface area contributed by atoms with Gasteiger partial charge in [0.05, 0.1) is 12.1 Å². The summed E-state index contributed by atoms with van der Waals surface area (Å²) in [5, 5.41) is 9.06. The second-order valence-electron chi connectivity index (χ2n) is 7.15. The lowest BCUT2D eigenvalue weighted by Crippen LogP contribution is -2.27. The third-order valence-corrected chi connectivity index (χ3v) is 4.22. The van der Waals surface area contributed by atoms with E-state index in [1.54, 1.807) is 23.1 Å². The zero-order chi connectivity index (χ0) is 22.2. The van der Waals surface area contributed by atoms with Crippen molar-refractivity contribution in [2.45, 2.75) is 6.54 Å². The number of nitrogens with zero attached hydrogens (tertiary/aromatic N) is 3. The first-order valence-electron chi connectivity index (χ1n) is 9.67. The summed E-state index contributed by atoms with van der Waals surface area (Å²) in [4.78, 5) is 34.1. The Morgan fingerprint density at radius 1 is 1.03 bits per heavy atom. The first-order valence-corrected chi connectivity index (χ1v) is 9.67. The highest BCUT2D eigenvalue weighted by atomic mass is 16.2. The molecule has 1 heterocycles. The molecule has 5 N–H and O–H groups in total. The van der Waals surface area contributed by atoms with E-state index < -0.39 is 5.91 Å². The number of anilines is 4. The fourth-order valence-electron chi connectivity index (χ4n) is 2.83. The summed E-state index contributed by atoms with van der Waals surface area (Å²) in [6.07, 6.45) is 1.38. The standard InChI is InChI=1S/C22H25N7O2/c1-29(2)14-19(30)26-16-9-6-10-17(11-16)27-22-25-13-18(20(23)31)21(28-22)24-12-15-7-4-3-5-8-15/h3-11,13H,12,14H2,1-2H3,(H2,23,31)(H,26,30)(H2,24,25,27,28). The van der Waals surface area contributed by atoms with Crippen molar-refractivity contribution in [2.24, 2.45) is 5.73 Å². The van der Waals surface area contributed by atoms with E-state index in [9.17, 15) is 9.59 Å². The maximum Gasteiger partial charge on any atom is 0.254 e. The maximum absolute atomic E-state index is 12.0. The SMILES string of the molecule is CN(C)CC(=O)Nc1cccc(Nc2ncc(C(N)=O)c(NCc3ccccc3)n2)c1. The number of primary amides is 1. The van der Waals surface area contributed by atoms with Gasteiger partial charge in [-0.3, -0.25) is 9.59 Å². The molecule has 9 nitrogen and oxygen atoms in total. The maximum atomic E-state index is 12.0. The normalized spacial score (nSPS) is 10.5. The van der Waals surface area contributed by atoms with Gasteiger partial charge in [-0.1, -0.05) is 36.4 Å². The summed E-state index contributed by atoms with van der Waals surface area (Å²) < 4.78 is 0. The van der Waals surface area contributed by atoms with Crippen molar-refractivity contribution in [3.8, 4) is 0 Å². The van der Waals surface area contributed by atoms with Gasteiger partial charge >= 0.3 is 0 Å². The number of nitrogens with two attached hydrogens (primary N) is 1. The molecule has 0 aliphatic carbocycles. The molecule has 0 fully saturated rings. The molecule has 3 aromatic rings. The molecule has 2 aromatic carbocycles. The van der Waals surface area contributed by atoms with Gasteiger partial charge < -0.3 is 26.6 Å². The van der Waals surface area contributed by atoms with Crippen LogP contribution in [-0.2, 0) is 11.3 Å². The van der Waals surface area contributed by atoms with Crippen LogP contribution in [0.5, 0.6) is 0 Å². The van der Waals surface area contributed by atoms with Gasteiger partial charge in [-0.05, 0) is 37.9 Å². The molecule has 31 heavy (non-hydrogen) atoms. The highest BCUT2D eigenvalue weighted by Crippen LogP contribution is 2.21. The van der Waals surface area contributed by atoms with Gasteiger partial charge in [-0.25, -0.2) is 4.98 Å². The van der Waals surface area contributed by atoms with Crippen molar-refractivity contribution >= 4 is 35.0 Å². The summed E-state index contributed by atoms with van der Waals surface area (Å²) in [7, 11) is 3.65. The minimum atomic E-state index is -0.618. The lowest BCUT2D eigenvalue weighted by atomic mass is 10.2. The number of rotatable bonds is 9. The van der Waals surface area contributed by atoms with Gasteiger partial charge in [0.2, 0.25) is 11.9 Å². The quantitative estimate of drug-likeness (QED) is 0.420. The van der Waals surface area contributed by atoms with Crippen LogP contribution in [0.25, 0.3) is 0 Å². The number of likely N-dealkylation sites (N-methyl/N-ethyl adjacent to an activating group) is 1. The van der Waals surface area contributed by atoms with E-state index in [-0.39, 0.29) is 24.0 Å². The van der Waals surface area contributed by atoms with Crippen molar-refractivity contribution in [1.29, 1.82) is 0 Å². The first-order chi connectivity index (χ1) is 14.9. The fourth-order valence-corrected chi connectivity index (χ4v) is 2.83. The second-order valence-corrected chi connectivity index (χ2v) is 7.15. The third-order valence-electron chi connectivity index (χ3n) is 4.22. The molecule has 1 aromatic heterocycles. The van der Waals surface area contributed by atoms with Crippen LogP contribution in [0.15, 0.2) is 60.8 Å². The van der Waals surface area contributed by atoms with E-state index in [4.69, 9.17) is 5.73 Å². The summed E-state index contributed by atoms with van der Waals surface area (Å²) in [6.45, 7) is 0.761. The summed E-state index contributed by atoms with van der Waals surface area (Å²) in [5.41, 5.74) is 8.03. The minimum absolute atomic E-state index is 0.114. The predicted octanol–water partition coefficient (Wildman–Crippen LogP) is 2.43. The van der Waals surface area contributed by atoms with Crippen LogP contribution in [0.3, 0.4) is 0 Å². The summed E-state index contributed by atoms with van der Waals surface area (Å²) in [5.74, 6) is -0.106. The largest absolute Gasteiger partial charge is 0.365 e. The smallest absolute Gasteiger partial charge is 0.254 e. The first kappa shape index (κ1) is 21.7. The van der Waals surface area contributed by atoms with Gasteiger partial charge in [-0.2, -0.15) is 4.98 Å². The molecule has 160 valence electrons. The van der Waals surface area contributed by atoms with Crippen molar-refractivity contribution in [3.05, 3.63) is 71.9 Å². The topological polar surface area (TPSA) is 125 Å². The van der Waals surface area contributed by atoms with Crippen LogP contribution in [-0.4, -0.2) is 47.3 Å². The molecule has 9 heteroatoms. The van der Waals surface area contributed by atoms with Gasteiger partial charge in [0.15, 0.2) is 0 Å². The average Bonchev–Trinajstić information content (AvgIpc) is 2.72. The number of carbonyl (C=O) groups is 2. The van der Waals surface area contributed by atoms with E-state index in [2.05, 4.69) is 25.9 Å². The third kappa shape index (κ3) is 6.51. The fraction of sp³-hybridized carbons (Fsp3) is 0.182. The van der Waals surface area contributed by atoms with E-state index in [0.29, 0.717) is 23.7 Å². The van der Waals surface area contributed by atoms with Crippen LogP contribution < -0.4 is 21.7 Å². The van der Waals surface area contributed by atoms with E-state index in [0.717, 1.165) is 5.56 Å². The Bertz CT molecular complexity index is 1050. The van der Waals surface area contributed by atoms with Crippen LogP contribution in [0.2, 0.25) is 0 Å². The van der Waals surface area contributed by atoms with Crippen LogP contribution in [0.4, 0.5) is 23.1 Å². The number of amides is 2. The van der Waals surface area contributed by atoms with Crippen LogP contribution >= 0.6 is 0 Å². The van der Waals surface area contributed by atoms with Crippen LogP contribution in [0.1, 0.15) is 15.9 Å². The minimum Gasteiger partial charge on any atom is -0.365 e. The molecule has 3 rings (SSSR count). The zero-order valence-corrected chi connectivity index (χ0v) is 17.4. The number of carbonyl (C=O) groups excluding carboxylic acids is 2. The lowest BCUT2D eigenvalue weighted by molar-refractivity contribution is -0.116. The Kier molecular flexibility index (Phi) is 7.13. The van der Waals surface area contributed by atoms with Crippen molar-refractivity contribution in [3.63, 3.8) is 0 Å². The van der Waals surface area contributed by atoms with Crippen molar-refractivity contribution < 1.29 is 9.59 Å². The molecule has 0 saturated carbocycles. The van der Waals surface area contributed by atoms with Crippen LogP contribution in [0, 0.1) is 0 Å². The lowest BCUT2D eigenvalue weighted by Gasteiger charge is -2.13. The molecule has 0 aliphatic heterocycles. The highest BCUT2D eigenvalue weighted by Gasteiger charge is 2.13. The van der Waals surface area contributed by atoms with E-state index in [1.807, 2.05) is 50.5 Å². The average molecular weight is 419 g/mol. The molecule has 0 radical (unpaired) electrons. The molecule has 0 bridgehead atoms. The van der Waals surface area contributed by atoms with Crippen molar-refractivity contribution in [1.82, 2.24) is 14.9 Å². The number of nitrogens with one attached hydrogen (secondary N) is 3. The number of aromatic nitrogens is 2. The van der Waals surface area contributed by atoms with Gasteiger partial charge in [0.25, 0.3) is 5.91 Å². The predicted molar refractivity (Wildman–Crippen MR) is 121 cm³/mol. The molecule has 2 amide bonds. The molecule has 0 aliphatic rings. The van der Waals surface area contributed by atoms with E-state index >= 15 is 0 Å². The molecular weight excluding hydrogens is 394 g/mol. The van der Waals surface area contributed by atoms with E-state index in [1.165, 1.54) is 6.20 Å². The molecule has 0 unspecified atom stereocenters. The Labute approximate surface area is 180 Å². The number of hydrogen-bond acceptors (Lipinski definition) is 7. The summed E-state index contributed by atoms with van der Waals surface area (Å²) in [6, 6.07) is 16.9. The van der Waals surface area contributed by atoms with Crippen molar-refractivity contribution in [2.75, 3.05) is 36.6 Å². The zero-order valence-electron chi connectivity index (χ0n) is 17.4. The molecule has 0 saturated heterocycles.